The number of nitrogens with one attached hydrogen (secondary N) is 2. The molecule has 0 atom stereocenters. The summed E-state index contributed by atoms with van der Waals surface area (Å²) in [5.41, 5.74) is 2.42. The summed E-state index contributed by atoms with van der Waals surface area (Å²) in [6.45, 7) is 2.79. The first-order valence-electron chi connectivity index (χ1n) is 10.6. The van der Waals surface area contributed by atoms with Gasteiger partial charge in [-0.1, -0.05) is 18.2 Å². The Morgan fingerprint density at radius 1 is 1.16 bits per heavy atom. The van der Waals surface area contributed by atoms with Crippen LogP contribution < -0.4 is 5.32 Å². The number of rotatable bonds is 3. The number of para-hydroxylation sites is 1. The van der Waals surface area contributed by atoms with E-state index in [-0.39, 0.29) is 35.2 Å². The number of aliphatic imine (C=N–C) groups is 1. The molecule has 0 radical (unpaired) electrons. The van der Waals surface area contributed by atoms with Gasteiger partial charge in [-0.15, -0.1) is 0 Å². The van der Waals surface area contributed by atoms with Gasteiger partial charge in [-0.3, -0.25) is 14.4 Å². The molecule has 1 fully saturated rings. The van der Waals surface area contributed by atoms with Crippen molar-refractivity contribution in [2.75, 3.05) is 13.1 Å². The third-order valence-corrected chi connectivity index (χ3v) is 6.15. The summed E-state index contributed by atoms with van der Waals surface area (Å²) in [4.78, 5) is 46.5. The Hall–Kier alpha value is -3.94. The number of fused-ring (bicyclic) bond motifs is 2. The Morgan fingerprint density at radius 3 is 2.66 bits per heavy atom. The second-order valence-corrected chi connectivity index (χ2v) is 8.17. The largest absolute Gasteiger partial charge is 0.494 e. The number of hydrogen-bond acceptors (Lipinski definition) is 5. The third kappa shape index (κ3) is 3.33. The van der Waals surface area contributed by atoms with Crippen LogP contribution >= 0.6 is 0 Å². The van der Waals surface area contributed by atoms with Crippen molar-refractivity contribution in [3.05, 3.63) is 59.2 Å². The molecule has 1 saturated heterocycles. The minimum absolute atomic E-state index is 0.0166. The maximum absolute atomic E-state index is 13.1. The predicted octanol–water partition coefficient (Wildman–Crippen LogP) is 2.93. The number of hydrogen-bond donors (Lipinski definition) is 3. The van der Waals surface area contributed by atoms with E-state index in [9.17, 15) is 19.5 Å². The number of carbonyl (C=O) groups is 3. The number of amides is 2. The number of piperidine rings is 1. The first-order chi connectivity index (χ1) is 15.4. The standard InChI is InChI=1S/C24H22N4O4/c1-13(29)28-10-8-15(9-11-28)25-23(31)14-6-7-19-17(12-14)22(30)21(26-19)20-16-4-2-3-5-18(16)27-24(20)32/h2-7,12,15,27,32H,8-11H2,1H3,(H,25,31). The van der Waals surface area contributed by atoms with Crippen molar-refractivity contribution in [1.82, 2.24) is 15.2 Å². The number of H-pyrrole nitrogens is 1. The highest BCUT2D eigenvalue weighted by Crippen LogP contribution is 2.35. The molecule has 2 aliphatic heterocycles. The number of aromatic hydroxyl groups is 1. The van der Waals surface area contributed by atoms with Crippen molar-refractivity contribution < 1.29 is 19.5 Å². The Kier molecular flexibility index (Phi) is 4.77. The van der Waals surface area contributed by atoms with E-state index in [1.54, 1.807) is 30.0 Å². The molecule has 0 aliphatic carbocycles. The van der Waals surface area contributed by atoms with Gasteiger partial charge in [0.15, 0.2) is 5.88 Å². The maximum Gasteiger partial charge on any atom is 0.251 e. The number of benzene rings is 2. The van der Waals surface area contributed by atoms with E-state index < -0.39 is 0 Å². The van der Waals surface area contributed by atoms with Crippen molar-refractivity contribution >= 4 is 39.9 Å². The number of nitrogens with zero attached hydrogens (tertiary/aromatic N) is 2. The smallest absolute Gasteiger partial charge is 0.251 e. The highest BCUT2D eigenvalue weighted by molar-refractivity contribution is 6.56. The molecule has 2 aromatic carbocycles. The van der Waals surface area contributed by atoms with Gasteiger partial charge < -0.3 is 20.3 Å². The van der Waals surface area contributed by atoms with Crippen LogP contribution in [0.4, 0.5) is 5.69 Å². The van der Waals surface area contributed by atoms with Gasteiger partial charge in [-0.05, 0) is 37.1 Å². The molecule has 0 spiro atoms. The second kappa shape index (κ2) is 7.64. The molecule has 3 N–H and O–H groups in total. The summed E-state index contributed by atoms with van der Waals surface area (Å²) < 4.78 is 0. The Balaban J connectivity index is 1.35. The molecule has 0 bridgehead atoms. The minimum atomic E-state index is -0.329. The molecule has 8 heteroatoms. The molecule has 5 rings (SSSR count). The Morgan fingerprint density at radius 2 is 1.91 bits per heavy atom. The van der Waals surface area contributed by atoms with Crippen LogP contribution in [0, 0.1) is 0 Å². The van der Waals surface area contributed by atoms with E-state index in [0.29, 0.717) is 59.2 Å². The van der Waals surface area contributed by atoms with Crippen LogP contribution in [-0.4, -0.2) is 57.4 Å². The minimum Gasteiger partial charge on any atom is -0.494 e. The van der Waals surface area contributed by atoms with Crippen LogP contribution in [0.2, 0.25) is 0 Å². The fourth-order valence-corrected chi connectivity index (χ4v) is 4.40. The lowest BCUT2D eigenvalue weighted by Gasteiger charge is -2.31. The van der Waals surface area contributed by atoms with Crippen LogP contribution in [0.1, 0.15) is 46.0 Å². The van der Waals surface area contributed by atoms with Gasteiger partial charge in [-0.25, -0.2) is 4.99 Å². The summed E-state index contributed by atoms with van der Waals surface area (Å²) in [5.74, 6) is -0.653. The molecular weight excluding hydrogens is 408 g/mol. The van der Waals surface area contributed by atoms with Crippen molar-refractivity contribution in [2.24, 2.45) is 4.99 Å². The normalized spacial score (nSPS) is 16.2. The fraction of sp³-hybridized carbons (Fsp3) is 0.250. The lowest BCUT2D eigenvalue weighted by atomic mass is 9.99. The summed E-state index contributed by atoms with van der Waals surface area (Å²) >= 11 is 0. The molecule has 0 saturated carbocycles. The molecule has 162 valence electrons. The average molecular weight is 430 g/mol. The maximum atomic E-state index is 13.1. The number of aromatic amines is 1. The third-order valence-electron chi connectivity index (χ3n) is 6.15. The zero-order chi connectivity index (χ0) is 22.4. The van der Waals surface area contributed by atoms with Crippen LogP contribution in [0.3, 0.4) is 0 Å². The highest BCUT2D eigenvalue weighted by atomic mass is 16.3. The molecule has 3 aromatic rings. The van der Waals surface area contributed by atoms with Gasteiger partial charge >= 0.3 is 0 Å². The summed E-state index contributed by atoms with van der Waals surface area (Å²) in [5, 5.41) is 14.1. The van der Waals surface area contributed by atoms with E-state index in [1.807, 2.05) is 24.3 Å². The van der Waals surface area contributed by atoms with Crippen molar-refractivity contribution in [3.8, 4) is 5.88 Å². The molecule has 1 aromatic heterocycles. The average Bonchev–Trinajstić information content (AvgIpc) is 3.29. The number of ketones is 1. The number of carbonyl (C=O) groups excluding carboxylic acids is 3. The molecule has 8 nitrogen and oxygen atoms in total. The topological polar surface area (TPSA) is 115 Å². The van der Waals surface area contributed by atoms with Crippen molar-refractivity contribution in [2.45, 2.75) is 25.8 Å². The molecule has 32 heavy (non-hydrogen) atoms. The van der Waals surface area contributed by atoms with Gasteiger partial charge in [-0.2, -0.15) is 0 Å². The number of aromatic nitrogens is 1. The first-order valence-corrected chi connectivity index (χ1v) is 10.6. The van der Waals surface area contributed by atoms with Gasteiger partial charge in [0, 0.05) is 42.5 Å². The molecule has 2 aliphatic rings. The number of Topliss-reactive ketones (excluding diaryl/α,β-unsaturated/α-hetero) is 1. The van der Waals surface area contributed by atoms with Gasteiger partial charge in [0.25, 0.3) is 5.91 Å². The lowest BCUT2D eigenvalue weighted by molar-refractivity contribution is -0.129. The fourth-order valence-electron chi connectivity index (χ4n) is 4.40. The van der Waals surface area contributed by atoms with Crippen LogP contribution in [0.5, 0.6) is 5.88 Å². The van der Waals surface area contributed by atoms with Gasteiger partial charge in [0.2, 0.25) is 11.7 Å². The first kappa shape index (κ1) is 20.0. The SMILES string of the molecule is CC(=O)N1CCC(NC(=O)c2ccc3c(c2)C(=O)C(c2c(O)[nH]c4ccccc24)=N3)CC1. The van der Waals surface area contributed by atoms with E-state index in [1.165, 1.54) is 0 Å². The summed E-state index contributed by atoms with van der Waals surface area (Å²) in [6, 6.07) is 12.1. The molecule has 2 amide bonds. The summed E-state index contributed by atoms with van der Waals surface area (Å²) in [6.07, 6.45) is 1.39. The summed E-state index contributed by atoms with van der Waals surface area (Å²) in [7, 11) is 0. The molecular formula is C24H22N4O4. The quantitative estimate of drug-likeness (QED) is 0.593. The van der Waals surface area contributed by atoms with Crippen LogP contribution in [-0.2, 0) is 4.79 Å². The van der Waals surface area contributed by atoms with Gasteiger partial charge in [0.05, 0.1) is 16.8 Å². The van der Waals surface area contributed by atoms with E-state index >= 15 is 0 Å². The monoisotopic (exact) mass is 430 g/mol. The lowest BCUT2D eigenvalue weighted by Crippen LogP contribution is -2.46. The number of likely N-dealkylation sites (tertiary alicyclic amines) is 1. The van der Waals surface area contributed by atoms with Crippen molar-refractivity contribution in [3.63, 3.8) is 0 Å². The van der Waals surface area contributed by atoms with E-state index in [4.69, 9.17) is 0 Å². The van der Waals surface area contributed by atoms with Crippen LogP contribution in [0.15, 0.2) is 47.5 Å². The van der Waals surface area contributed by atoms with E-state index in [2.05, 4.69) is 15.3 Å². The van der Waals surface area contributed by atoms with Crippen LogP contribution in [0.25, 0.3) is 10.9 Å². The Bertz CT molecular complexity index is 1300. The molecule has 0 unspecified atom stereocenters. The zero-order valence-corrected chi connectivity index (χ0v) is 17.5. The van der Waals surface area contributed by atoms with Gasteiger partial charge in [0.1, 0.15) is 5.71 Å². The second-order valence-electron chi connectivity index (χ2n) is 8.17. The Labute approximate surface area is 184 Å². The molecule has 3 heterocycles. The van der Waals surface area contributed by atoms with E-state index in [0.717, 1.165) is 0 Å². The zero-order valence-electron chi connectivity index (χ0n) is 17.5. The predicted molar refractivity (Wildman–Crippen MR) is 120 cm³/mol. The van der Waals surface area contributed by atoms with Crippen molar-refractivity contribution in [1.29, 1.82) is 0 Å². The highest BCUT2D eigenvalue weighted by Gasteiger charge is 2.31.